The zero-order valence-electron chi connectivity index (χ0n) is 10.2. The van der Waals surface area contributed by atoms with Gasteiger partial charge in [-0.05, 0) is 5.56 Å². The summed E-state index contributed by atoms with van der Waals surface area (Å²) in [5.41, 5.74) is 1.86. The fourth-order valence-electron chi connectivity index (χ4n) is 2.15. The highest BCUT2D eigenvalue weighted by Crippen LogP contribution is 2.27. The second-order valence-corrected chi connectivity index (χ2v) is 4.51. The maximum Gasteiger partial charge on any atom is 0.321 e. The minimum atomic E-state index is -0.503. The third-order valence-electron chi connectivity index (χ3n) is 3.11. The van der Waals surface area contributed by atoms with Gasteiger partial charge >= 0.3 is 11.9 Å². The smallest absolute Gasteiger partial charge is 0.321 e. The summed E-state index contributed by atoms with van der Waals surface area (Å²) in [7, 11) is 0. The molecule has 1 aliphatic heterocycles. The molecule has 96 valence electrons. The van der Waals surface area contributed by atoms with Gasteiger partial charge in [-0.25, -0.2) is 0 Å². The highest BCUT2D eigenvalue weighted by atomic mass is 16.6. The average molecular weight is 256 g/mol. The zero-order valence-corrected chi connectivity index (χ0v) is 10.2. The lowest BCUT2D eigenvalue weighted by atomic mass is 10.0. The molecule has 1 saturated heterocycles. The van der Waals surface area contributed by atoms with Gasteiger partial charge in [-0.3, -0.25) is 14.3 Å². The van der Waals surface area contributed by atoms with Gasteiger partial charge in [0.25, 0.3) is 0 Å². The molecule has 1 atom stereocenters. The Kier molecular flexibility index (Phi) is 2.87. The van der Waals surface area contributed by atoms with Gasteiger partial charge in [0.1, 0.15) is 0 Å². The molecule has 5 heteroatoms. The van der Waals surface area contributed by atoms with Crippen molar-refractivity contribution in [2.45, 2.75) is 18.9 Å². The molecule has 0 saturated carbocycles. The summed E-state index contributed by atoms with van der Waals surface area (Å²) in [6, 6.07) is 9.90. The van der Waals surface area contributed by atoms with Crippen LogP contribution in [0.4, 0.5) is 0 Å². The molecule has 0 N–H and O–H groups in total. The third kappa shape index (κ3) is 2.40. The highest BCUT2D eigenvalue weighted by molar-refractivity contribution is 5.97. The lowest BCUT2D eigenvalue weighted by Crippen LogP contribution is -2.05. The zero-order chi connectivity index (χ0) is 13.2. The number of nitrogens with zero attached hydrogens (tertiary/aromatic N) is 2. The molecule has 0 spiro atoms. The molecule has 5 nitrogen and oxygen atoms in total. The summed E-state index contributed by atoms with van der Waals surface area (Å²) in [6.45, 7) is 0.635. The van der Waals surface area contributed by atoms with Crippen molar-refractivity contribution in [3.8, 4) is 0 Å². The van der Waals surface area contributed by atoms with E-state index in [0.717, 1.165) is 11.1 Å². The number of rotatable bonds is 3. The van der Waals surface area contributed by atoms with Gasteiger partial charge in [0.15, 0.2) is 0 Å². The molecule has 3 rings (SSSR count). The molecular weight excluding hydrogens is 244 g/mol. The molecule has 1 aromatic heterocycles. The maximum absolute atomic E-state index is 11.5. The summed E-state index contributed by atoms with van der Waals surface area (Å²) in [5.74, 6) is -1.45. The average Bonchev–Trinajstić information content (AvgIpc) is 2.97. The van der Waals surface area contributed by atoms with Crippen molar-refractivity contribution < 1.29 is 14.3 Å². The van der Waals surface area contributed by atoms with Crippen LogP contribution in [-0.2, 0) is 20.9 Å². The van der Waals surface area contributed by atoms with Crippen LogP contribution in [0.5, 0.6) is 0 Å². The molecule has 19 heavy (non-hydrogen) atoms. The number of ether oxygens (including phenoxy) is 1. The van der Waals surface area contributed by atoms with E-state index in [9.17, 15) is 9.59 Å². The van der Waals surface area contributed by atoms with E-state index in [0.29, 0.717) is 6.54 Å². The SMILES string of the molecule is O=C1CC(c2cnn(Cc3ccccc3)c2)C(=O)O1. The van der Waals surface area contributed by atoms with Crippen LogP contribution < -0.4 is 0 Å². The molecular formula is C14H12N2O3. The fraction of sp³-hybridized carbons (Fsp3) is 0.214. The fourth-order valence-corrected chi connectivity index (χ4v) is 2.15. The van der Waals surface area contributed by atoms with E-state index in [1.54, 1.807) is 17.1 Å². The first-order chi connectivity index (χ1) is 9.22. The first kappa shape index (κ1) is 11.6. The summed E-state index contributed by atoms with van der Waals surface area (Å²) in [4.78, 5) is 22.5. The van der Waals surface area contributed by atoms with Crippen LogP contribution in [0.25, 0.3) is 0 Å². The minimum Gasteiger partial charge on any atom is -0.393 e. The molecule has 0 radical (unpaired) electrons. The number of benzene rings is 1. The highest BCUT2D eigenvalue weighted by Gasteiger charge is 2.35. The predicted octanol–water partition coefficient (Wildman–Crippen LogP) is 1.49. The van der Waals surface area contributed by atoms with E-state index in [2.05, 4.69) is 9.84 Å². The van der Waals surface area contributed by atoms with Crippen LogP contribution in [0, 0.1) is 0 Å². The molecule has 0 bridgehead atoms. The molecule has 1 fully saturated rings. The number of hydrogen-bond acceptors (Lipinski definition) is 4. The number of carbonyl (C=O) groups excluding carboxylic acids is 2. The molecule has 2 heterocycles. The lowest BCUT2D eigenvalue weighted by molar-refractivity contribution is -0.152. The van der Waals surface area contributed by atoms with Gasteiger partial charge in [-0.1, -0.05) is 30.3 Å². The Balaban J connectivity index is 1.77. The number of carbonyl (C=O) groups is 2. The standard InChI is InChI=1S/C14H12N2O3/c17-13-6-12(14(18)19-13)11-7-15-16(9-11)8-10-4-2-1-3-5-10/h1-5,7,9,12H,6,8H2. The Bertz CT molecular complexity index is 619. The molecule has 1 unspecified atom stereocenters. The number of aromatic nitrogens is 2. The molecule has 0 amide bonds. The van der Waals surface area contributed by atoms with Gasteiger partial charge in [0, 0.05) is 11.8 Å². The Labute approximate surface area is 109 Å². The maximum atomic E-state index is 11.5. The van der Waals surface area contributed by atoms with Crippen LogP contribution in [0.3, 0.4) is 0 Å². The van der Waals surface area contributed by atoms with Crippen LogP contribution in [0.1, 0.15) is 23.5 Å². The normalized spacial score (nSPS) is 18.6. The Morgan fingerprint density at radius 1 is 1.26 bits per heavy atom. The van der Waals surface area contributed by atoms with Crippen LogP contribution in [0.15, 0.2) is 42.7 Å². The van der Waals surface area contributed by atoms with Crippen molar-refractivity contribution in [3.63, 3.8) is 0 Å². The van der Waals surface area contributed by atoms with Crippen LogP contribution in [-0.4, -0.2) is 21.7 Å². The molecule has 0 aliphatic carbocycles. The number of hydrogen-bond donors (Lipinski definition) is 0. The van der Waals surface area contributed by atoms with Gasteiger partial charge in [-0.2, -0.15) is 5.10 Å². The summed E-state index contributed by atoms with van der Waals surface area (Å²) < 4.78 is 6.29. The summed E-state index contributed by atoms with van der Waals surface area (Å²) in [6.07, 6.45) is 3.51. The van der Waals surface area contributed by atoms with E-state index in [1.807, 2.05) is 30.3 Å². The first-order valence-electron chi connectivity index (χ1n) is 6.03. The van der Waals surface area contributed by atoms with E-state index in [-0.39, 0.29) is 6.42 Å². The summed E-state index contributed by atoms with van der Waals surface area (Å²) >= 11 is 0. The van der Waals surface area contributed by atoms with Gasteiger partial charge in [0.2, 0.25) is 0 Å². The van der Waals surface area contributed by atoms with Crippen molar-refractivity contribution in [1.29, 1.82) is 0 Å². The molecule has 2 aromatic rings. The van der Waals surface area contributed by atoms with Crippen molar-refractivity contribution in [2.75, 3.05) is 0 Å². The largest absolute Gasteiger partial charge is 0.393 e. The van der Waals surface area contributed by atoms with Crippen molar-refractivity contribution >= 4 is 11.9 Å². The van der Waals surface area contributed by atoms with Crippen molar-refractivity contribution in [3.05, 3.63) is 53.9 Å². The minimum absolute atomic E-state index is 0.107. The third-order valence-corrected chi connectivity index (χ3v) is 3.11. The topological polar surface area (TPSA) is 61.2 Å². The van der Waals surface area contributed by atoms with E-state index < -0.39 is 17.9 Å². The number of esters is 2. The van der Waals surface area contributed by atoms with Crippen LogP contribution >= 0.6 is 0 Å². The summed E-state index contributed by atoms with van der Waals surface area (Å²) in [5, 5.41) is 4.21. The Morgan fingerprint density at radius 3 is 2.74 bits per heavy atom. The van der Waals surface area contributed by atoms with Gasteiger partial charge in [-0.15, -0.1) is 0 Å². The van der Waals surface area contributed by atoms with Crippen LogP contribution in [0.2, 0.25) is 0 Å². The monoisotopic (exact) mass is 256 g/mol. The van der Waals surface area contributed by atoms with E-state index in [4.69, 9.17) is 0 Å². The van der Waals surface area contributed by atoms with Gasteiger partial charge in [0.05, 0.1) is 25.1 Å². The molecule has 1 aliphatic rings. The quantitative estimate of drug-likeness (QED) is 0.616. The van der Waals surface area contributed by atoms with Gasteiger partial charge < -0.3 is 4.74 Å². The molecule has 1 aromatic carbocycles. The van der Waals surface area contributed by atoms with Crippen molar-refractivity contribution in [2.24, 2.45) is 0 Å². The second-order valence-electron chi connectivity index (χ2n) is 4.51. The predicted molar refractivity (Wildman–Crippen MR) is 66.2 cm³/mol. The van der Waals surface area contributed by atoms with E-state index in [1.165, 1.54) is 0 Å². The van der Waals surface area contributed by atoms with Crippen molar-refractivity contribution in [1.82, 2.24) is 9.78 Å². The van der Waals surface area contributed by atoms with E-state index >= 15 is 0 Å². The number of cyclic esters (lactones) is 2. The Hall–Kier alpha value is -2.43. The Morgan fingerprint density at radius 2 is 2.05 bits per heavy atom. The second kappa shape index (κ2) is 4.68. The first-order valence-corrected chi connectivity index (χ1v) is 6.03. The lowest BCUT2D eigenvalue weighted by Gasteiger charge is -2.01.